The zero-order chi connectivity index (χ0) is 24.8. The molecule has 0 bridgehead atoms. The van der Waals surface area contributed by atoms with Crippen molar-refractivity contribution >= 4 is 11.6 Å². The van der Waals surface area contributed by atoms with Gasteiger partial charge in [0, 0.05) is 11.6 Å². The Hall–Kier alpha value is -3.95. The van der Waals surface area contributed by atoms with Crippen molar-refractivity contribution in [1.29, 1.82) is 0 Å². The van der Waals surface area contributed by atoms with Crippen LogP contribution in [0.1, 0.15) is 29.5 Å². The molecule has 3 nitrogen and oxygen atoms in total. The van der Waals surface area contributed by atoms with Gasteiger partial charge in [-0.15, -0.1) is 6.58 Å². The van der Waals surface area contributed by atoms with Crippen LogP contribution in [0, 0.1) is 5.92 Å². The summed E-state index contributed by atoms with van der Waals surface area (Å²) in [5, 5.41) is 0. The lowest BCUT2D eigenvalue weighted by molar-refractivity contribution is -0.120. The van der Waals surface area contributed by atoms with E-state index >= 15 is 0 Å². The first-order valence-electron chi connectivity index (χ1n) is 12.5. The molecule has 1 saturated heterocycles. The fraction of sp³-hybridized carbons (Fsp3) is 0.182. The van der Waals surface area contributed by atoms with Crippen molar-refractivity contribution < 1.29 is 9.53 Å². The molecule has 0 saturated carbocycles. The van der Waals surface area contributed by atoms with Crippen LogP contribution >= 0.6 is 0 Å². The van der Waals surface area contributed by atoms with Crippen LogP contribution in [-0.4, -0.2) is 18.6 Å². The van der Waals surface area contributed by atoms with E-state index in [0.29, 0.717) is 13.0 Å². The zero-order valence-corrected chi connectivity index (χ0v) is 20.4. The smallest absolute Gasteiger partial charge is 0.230 e. The molecule has 0 unspecified atom stereocenters. The molecule has 0 spiro atoms. The standard InChI is InChI=1S/C33H31NO2/c1-2-15-26-24-31(34(32(26)35)30-22-13-6-14-23-30)25-36-33(27-16-7-3-8-17-27,28-18-9-4-10-19-28)29-20-11-5-12-21-29/h2-14,16-23,26,31H,1,15,24-25H2/t26-,31+/m1/s1. The van der Waals surface area contributed by atoms with E-state index in [2.05, 4.69) is 79.4 Å². The SMILES string of the molecule is C=CC[C@@H]1C[C@@H](COC(c2ccccc2)(c2ccccc2)c2ccccc2)N(c2ccccc2)C1=O. The number of anilines is 1. The van der Waals surface area contributed by atoms with Gasteiger partial charge in [0.1, 0.15) is 5.60 Å². The first-order chi connectivity index (χ1) is 17.7. The lowest BCUT2D eigenvalue weighted by atomic mass is 9.80. The first kappa shape index (κ1) is 23.8. The van der Waals surface area contributed by atoms with E-state index in [0.717, 1.165) is 28.8 Å². The number of carbonyl (C=O) groups is 1. The molecule has 4 aromatic rings. The third kappa shape index (κ3) is 4.50. The second kappa shape index (κ2) is 10.8. The molecule has 2 atom stereocenters. The van der Waals surface area contributed by atoms with Crippen LogP contribution < -0.4 is 4.90 Å². The van der Waals surface area contributed by atoms with Crippen LogP contribution in [-0.2, 0) is 15.1 Å². The summed E-state index contributed by atoms with van der Waals surface area (Å²) < 4.78 is 7.08. The van der Waals surface area contributed by atoms with Gasteiger partial charge in [-0.05, 0) is 41.7 Å². The maximum absolute atomic E-state index is 13.5. The van der Waals surface area contributed by atoms with Gasteiger partial charge in [0.25, 0.3) is 0 Å². The Kier molecular flexibility index (Phi) is 7.11. The lowest BCUT2D eigenvalue weighted by Crippen LogP contribution is -2.41. The molecule has 0 aromatic heterocycles. The molecule has 1 aliphatic rings. The lowest BCUT2D eigenvalue weighted by Gasteiger charge is -2.38. The molecule has 0 N–H and O–H groups in total. The number of hydrogen-bond acceptors (Lipinski definition) is 2. The fourth-order valence-corrected chi connectivity index (χ4v) is 5.37. The largest absolute Gasteiger partial charge is 0.359 e. The number of amides is 1. The van der Waals surface area contributed by atoms with Crippen molar-refractivity contribution in [3.05, 3.63) is 151 Å². The molecule has 5 rings (SSSR count). The predicted octanol–water partition coefficient (Wildman–Crippen LogP) is 6.99. The average Bonchev–Trinajstić information content (AvgIpc) is 3.26. The maximum atomic E-state index is 13.5. The Morgan fingerprint density at radius 2 is 1.19 bits per heavy atom. The van der Waals surface area contributed by atoms with E-state index in [1.807, 2.05) is 59.5 Å². The molecule has 180 valence electrons. The number of benzene rings is 4. The van der Waals surface area contributed by atoms with E-state index in [4.69, 9.17) is 4.74 Å². The highest BCUT2D eigenvalue weighted by Crippen LogP contribution is 2.42. The van der Waals surface area contributed by atoms with Gasteiger partial charge < -0.3 is 9.64 Å². The molecule has 4 aromatic carbocycles. The van der Waals surface area contributed by atoms with Gasteiger partial charge in [0.05, 0.1) is 12.6 Å². The normalized spacial score (nSPS) is 17.8. The van der Waals surface area contributed by atoms with Crippen molar-refractivity contribution in [1.82, 2.24) is 0 Å². The Balaban J connectivity index is 1.58. The zero-order valence-electron chi connectivity index (χ0n) is 20.4. The molecule has 0 aliphatic carbocycles. The topological polar surface area (TPSA) is 29.5 Å². The van der Waals surface area contributed by atoms with Crippen LogP contribution in [0.5, 0.6) is 0 Å². The molecule has 3 heteroatoms. The van der Waals surface area contributed by atoms with Crippen molar-refractivity contribution in [3.63, 3.8) is 0 Å². The summed E-state index contributed by atoms with van der Waals surface area (Å²) in [6.45, 7) is 4.28. The van der Waals surface area contributed by atoms with Gasteiger partial charge in [0.2, 0.25) is 5.91 Å². The Morgan fingerprint density at radius 1 is 0.750 bits per heavy atom. The minimum atomic E-state index is -0.814. The van der Waals surface area contributed by atoms with E-state index in [1.165, 1.54) is 0 Å². The summed E-state index contributed by atoms with van der Waals surface area (Å²) >= 11 is 0. The van der Waals surface area contributed by atoms with Crippen LogP contribution in [0.2, 0.25) is 0 Å². The molecule has 1 heterocycles. The summed E-state index contributed by atoms with van der Waals surface area (Å²) in [5.74, 6) is 0.0512. The van der Waals surface area contributed by atoms with Gasteiger partial charge >= 0.3 is 0 Å². The highest BCUT2D eigenvalue weighted by molar-refractivity contribution is 5.98. The fourth-order valence-electron chi connectivity index (χ4n) is 5.37. The van der Waals surface area contributed by atoms with Crippen molar-refractivity contribution in [2.75, 3.05) is 11.5 Å². The van der Waals surface area contributed by atoms with Gasteiger partial charge in [-0.25, -0.2) is 0 Å². The van der Waals surface area contributed by atoms with Crippen LogP contribution in [0.3, 0.4) is 0 Å². The average molecular weight is 474 g/mol. The van der Waals surface area contributed by atoms with Crippen LogP contribution in [0.25, 0.3) is 0 Å². The summed E-state index contributed by atoms with van der Waals surface area (Å²) in [6.07, 6.45) is 3.24. The second-order valence-corrected chi connectivity index (χ2v) is 9.24. The van der Waals surface area contributed by atoms with Gasteiger partial charge in [-0.1, -0.05) is 115 Å². The number of para-hydroxylation sites is 1. The molecule has 1 fully saturated rings. The number of ether oxygens (including phenoxy) is 1. The molecule has 0 radical (unpaired) electrons. The molecule has 36 heavy (non-hydrogen) atoms. The Labute approximate surface area is 213 Å². The minimum Gasteiger partial charge on any atom is -0.359 e. The number of hydrogen-bond donors (Lipinski definition) is 0. The van der Waals surface area contributed by atoms with Crippen molar-refractivity contribution in [2.24, 2.45) is 5.92 Å². The summed E-state index contributed by atoms with van der Waals surface area (Å²) in [6, 6.07) is 40.9. The van der Waals surface area contributed by atoms with E-state index in [-0.39, 0.29) is 17.9 Å². The molecule has 1 aliphatic heterocycles. The number of carbonyl (C=O) groups excluding carboxylic acids is 1. The third-order valence-electron chi connectivity index (χ3n) is 7.03. The van der Waals surface area contributed by atoms with E-state index < -0.39 is 5.60 Å². The molecular formula is C33H31NO2. The number of rotatable bonds is 9. The van der Waals surface area contributed by atoms with Crippen LogP contribution in [0.15, 0.2) is 134 Å². The monoisotopic (exact) mass is 473 g/mol. The maximum Gasteiger partial charge on any atom is 0.230 e. The van der Waals surface area contributed by atoms with Crippen LogP contribution in [0.4, 0.5) is 5.69 Å². The number of nitrogens with zero attached hydrogens (tertiary/aromatic N) is 1. The summed E-state index contributed by atoms with van der Waals surface area (Å²) in [5.41, 5.74) is 3.26. The second-order valence-electron chi connectivity index (χ2n) is 9.24. The highest BCUT2D eigenvalue weighted by atomic mass is 16.5. The van der Waals surface area contributed by atoms with Crippen molar-refractivity contribution in [2.45, 2.75) is 24.5 Å². The predicted molar refractivity (Wildman–Crippen MR) is 146 cm³/mol. The van der Waals surface area contributed by atoms with Crippen molar-refractivity contribution in [3.8, 4) is 0 Å². The highest BCUT2D eigenvalue weighted by Gasteiger charge is 2.43. The van der Waals surface area contributed by atoms with E-state index in [1.54, 1.807) is 0 Å². The Bertz CT molecular complexity index is 1180. The molecular weight excluding hydrogens is 442 g/mol. The van der Waals surface area contributed by atoms with Gasteiger partial charge in [0.15, 0.2) is 0 Å². The van der Waals surface area contributed by atoms with E-state index in [9.17, 15) is 4.79 Å². The third-order valence-corrected chi connectivity index (χ3v) is 7.03. The minimum absolute atomic E-state index is 0.0830. The molecule has 1 amide bonds. The van der Waals surface area contributed by atoms with Gasteiger partial charge in [-0.2, -0.15) is 0 Å². The van der Waals surface area contributed by atoms with Gasteiger partial charge in [-0.3, -0.25) is 4.79 Å². The summed E-state index contributed by atoms with van der Waals surface area (Å²) in [7, 11) is 0. The number of allylic oxidation sites excluding steroid dienone is 1. The first-order valence-corrected chi connectivity index (χ1v) is 12.5. The Morgan fingerprint density at radius 3 is 1.64 bits per heavy atom. The quantitative estimate of drug-likeness (QED) is 0.194. The summed E-state index contributed by atoms with van der Waals surface area (Å²) in [4.78, 5) is 15.4.